The van der Waals surface area contributed by atoms with Crippen LogP contribution in [0.25, 0.3) is 0 Å². The maximum Gasteiger partial charge on any atom is 0.350 e. The third-order valence-electron chi connectivity index (χ3n) is 2.77. The van der Waals surface area contributed by atoms with Crippen LogP contribution < -0.4 is 21.5 Å². The quantitative estimate of drug-likeness (QED) is 0.323. The molecule has 0 unspecified atom stereocenters. The Hall–Kier alpha value is -1.65. The molecule has 7 N–H and O–H groups in total. The zero-order chi connectivity index (χ0) is 15.6. The molecule has 0 radical (unpaired) electrons. The molecule has 0 saturated carbocycles. The van der Waals surface area contributed by atoms with Gasteiger partial charge in [-0.25, -0.2) is 0 Å². The van der Waals surface area contributed by atoms with Gasteiger partial charge < -0.3 is 35.6 Å². The number of hydrogen-bond acceptors (Lipinski definition) is 8. The number of H-pyrrole nitrogens is 1. The fourth-order valence-corrected chi connectivity index (χ4v) is 2.28. The first-order valence-corrected chi connectivity index (χ1v) is 7.75. The molecule has 1 aliphatic rings. The zero-order valence-corrected chi connectivity index (χ0v) is 11.8. The molecule has 0 fully saturated rings. The summed E-state index contributed by atoms with van der Waals surface area (Å²) in [6.45, 7) is -0.110. The van der Waals surface area contributed by atoms with Gasteiger partial charge in [-0.15, -0.1) is 0 Å². The first-order chi connectivity index (χ1) is 9.80. The Labute approximate surface area is 118 Å². The summed E-state index contributed by atoms with van der Waals surface area (Å²) in [6, 6.07) is 0. The molecule has 1 aromatic heterocycles. The molecule has 2 rings (SSSR count). The van der Waals surface area contributed by atoms with Gasteiger partial charge in [-0.2, -0.15) is 4.98 Å². The molecule has 1 atom stereocenters. The van der Waals surface area contributed by atoms with Crippen molar-refractivity contribution in [1.82, 2.24) is 9.97 Å². The Morgan fingerprint density at radius 1 is 1.52 bits per heavy atom. The molecule has 0 spiro atoms. The molecule has 1 aliphatic heterocycles. The van der Waals surface area contributed by atoms with Crippen molar-refractivity contribution in [1.29, 1.82) is 0 Å². The van der Waals surface area contributed by atoms with Crippen molar-refractivity contribution in [2.75, 3.05) is 42.1 Å². The molecule has 0 bridgehead atoms. The van der Waals surface area contributed by atoms with Gasteiger partial charge in [0.1, 0.15) is 12.0 Å². The van der Waals surface area contributed by atoms with Crippen LogP contribution in [0.1, 0.15) is 0 Å². The number of nitrogens with zero attached hydrogens (tertiary/aromatic N) is 2. The van der Waals surface area contributed by atoms with E-state index < -0.39 is 32.2 Å². The fraction of sp³-hybridized carbons (Fsp3) is 0.556. The lowest BCUT2D eigenvalue weighted by molar-refractivity contribution is 0.0352. The summed E-state index contributed by atoms with van der Waals surface area (Å²) in [4.78, 5) is 37.1. The first kappa shape index (κ1) is 15.7. The highest BCUT2D eigenvalue weighted by atomic mass is 31.2. The molecular formula is C9H16N5O6P. The van der Waals surface area contributed by atoms with Crippen LogP contribution in [-0.4, -0.2) is 57.1 Å². The maximum atomic E-state index is 11.6. The topological polar surface area (TPSA) is 174 Å². The van der Waals surface area contributed by atoms with E-state index in [1.165, 1.54) is 0 Å². The van der Waals surface area contributed by atoms with Gasteiger partial charge in [0.15, 0.2) is 5.82 Å². The highest BCUT2D eigenvalue weighted by Crippen LogP contribution is 2.34. The van der Waals surface area contributed by atoms with Gasteiger partial charge in [0.05, 0.1) is 19.4 Å². The zero-order valence-electron chi connectivity index (χ0n) is 10.9. The van der Waals surface area contributed by atoms with Crippen molar-refractivity contribution < 1.29 is 24.2 Å². The van der Waals surface area contributed by atoms with E-state index in [1.807, 2.05) is 0 Å². The number of aliphatic hydroxyl groups excluding tert-OH is 1. The smallest absolute Gasteiger partial charge is 0.350 e. The van der Waals surface area contributed by atoms with E-state index in [-0.39, 0.29) is 24.8 Å². The third kappa shape index (κ3) is 3.93. The summed E-state index contributed by atoms with van der Waals surface area (Å²) >= 11 is 0. The number of aromatic nitrogens is 2. The molecule has 118 valence electrons. The first-order valence-electron chi connectivity index (χ1n) is 5.96. The van der Waals surface area contributed by atoms with Gasteiger partial charge in [0, 0.05) is 6.54 Å². The molecule has 0 aliphatic carbocycles. The van der Waals surface area contributed by atoms with E-state index in [2.05, 4.69) is 15.3 Å². The minimum absolute atomic E-state index is 0.0517. The summed E-state index contributed by atoms with van der Waals surface area (Å²) in [6.07, 6.45) is -1.63. The van der Waals surface area contributed by atoms with Gasteiger partial charge in [-0.05, 0) is 0 Å². The molecular weight excluding hydrogens is 305 g/mol. The van der Waals surface area contributed by atoms with E-state index in [1.54, 1.807) is 4.90 Å². The minimum atomic E-state index is -4.32. The molecule has 0 aromatic carbocycles. The summed E-state index contributed by atoms with van der Waals surface area (Å²) < 4.78 is 15.7. The molecule has 11 nitrogen and oxygen atoms in total. The Bertz CT molecular complexity index is 615. The summed E-state index contributed by atoms with van der Waals surface area (Å²) in [5, 5.41) is 12.0. The van der Waals surface area contributed by atoms with Gasteiger partial charge in [-0.1, -0.05) is 0 Å². The molecule has 0 amide bonds. The number of aromatic amines is 1. The van der Waals surface area contributed by atoms with E-state index in [0.29, 0.717) is 5.82 Å². The van der Waals surface area contributed by atoms with Crippen molar-refractivity contribution in [3.63, 3.8) is 0 Å². The largest absolute Gasteiger partial charge is 0.394 e. The number of aliphatic hydroxyl groups is 1. The van der Waals surface area contributed by atoms with Crippen LogP contribution in [0.2, 0.25) is 0 Å². The second-order valence-electron chi connectivity index (χ2n) is 4.47. The predicted molar refractivity (Wildman–Crippen MR) is 74.0 cm³/mol. The Morgan fingerprint density at radius 3 is 2.86 bits per heavy atom. The lowest BCUT2D eigenvalue weighted by Gasteiger charge is -2.23. The maximum absolute atomic E-state index is 11.6. The van der Waals surface area contributed by atoms with Crippen molar-refractivity contribution in [3.8, 4) is 0 Å². The van der Waals surface area contributed by atoms with E-state index in [0.717, 1.165) is 0 Å². The SMILES string of the molecule is Nc1nc2c(c(=O)[nH]1)NCN2C[C@@H](CO)OCP(=O)(O)O. The second-order valence-corrected chi connectivity index (χ2v) is 6.06. The van der Waals surface area contributed by atoms with Crippen LogP contribution in [0.15, 0.2) is 4.79 Å². The van der Waals surface area contributed by atoms with Crippen LogP contribution in [-0.2, 0) is 9.30 Å². The Kier molecular flexibility index (Phi) is 4.49. The number of anilines is 3. The number of fused-ring (bicyclic) bond motifs is 1. The number of nitrogens with one attached hydrogen (secondary N) is 2. The van der Waals surface area contributed by atoms with Crippen LogP contribution in [0.4, 0.5) is 17.5 Å². The number of ether oxygens (including phenoxy) is 1. The van der Waals surface area contributed by atoms with E-state index >= 15 is 0 Å². The van der Waals surface area contributed by atoms with Gasteiger partial charge >= 0.3 is 7.60 Å². The Morgan fingerprint density at radius 2 is 2.24 bits per heavy atom. The number of nitrogens with two attached hydrogens (primary N) is 1. The summed E-state index contributed by atoms with van der Waals surface area (Å²) in [5.41, 5.74) is 5.29. The van der Waals surface area contributed by atoms with Gasteiger partial charge in [0.2, 0.25) is 5.95 Å². The second kappa shape index (κ2) is 6.00. The van der Waals surface area contributed by atoms with E-state index in [4.69, 9.17) is 20.3 Å². The summed E-state index contributed by atoms with van der Waals surface area (Å²) in [7, 11) is -4.32. The Balaban J connectivity index is 2.08. The molecule has 21 heavy (non-hydrogen) atoms. The van der Waals surface area contributed by atoms with Crippen LogP contribution in [0.5, 0.6) is 0 Å². The predicted octanol–water partition coefficient (Wildman–Crippen LogP) is -1.95. The molecule has 0 saturated heterocycles. The number of rotatable bonds is 6. The van der Waals surface area contributed by atoms with Crippen molar-refractivity contribution in [2.24, 2.45) is 0 Å². The average molecular weight is 321 g/mol. The number of hydrogen-bond donors (Lipinski definition) is 6. The average Bonchev–Trinajstić information content (AvgIpc) is 2.76. The highest BCUT2D eigenvalue weighted by molar-refractivity contribution is 7.51. The van der Waals surface area contributed by atoms with E-state index in [9.17, 15) is 14.5 Å². The van der Waals surface area contributed by atoms with Crippen LogP contribution in [0.3, 0.4) is 0 Å². The van der Waals surface area contributed by atoms with Crippen LogP contribution >= 0.6 is 7.60 Å². The third-order valence-corrected chi connectivity index (χ3v) is 3.26. The summed E-state index contributed by atoms with van der Waals surface area (Å²) in [5.74, 6) is 0.249. The van der Waals surface area contributed by atoms with Gasteiger partial charge in [0.25, 0.3) is 5.56 Å². The standard InChI is InChI=1S/C9H16N5O6P/c10-9-12-7-6(8(16)13-9)11-3-14(7)1-5(2-15)20-4-21(17,18)19/h5,11,15H,1-4H2,(H2,17,18,19)(H3,10,12,13,16)/t5-/m0/s1. The molecule has 1 aromatic rings. The molecule has 12 heteroatoms. The normalized spacial score (nSPS) is 15.7. The van der Waals surface area contributed by atoms with Gasteiger partial charge in [-0.3, -0.25) is 14.3 Å². The number of nitrogen functional groups attached to an aromatic ring is 1. The fourth-order valence-electron chi connectivity index (χ4n) is 1.88. The van der Waals surface area contributed by atoms with Crippen molar-refractivity contribution in [3.05, 3.63) is 10.4 Å². The monoisotopic (exact) mass is 321 g/mol. The molecule has 2 heterocycles. The van der Waals surface area contributed by atoms with Crippen molar-refractivity contribution in [2.45, 2.75) is 6.10 Å². The van der Waals surface area contributed by atoms with Crippen LogP contribution in [0, 0.1) is 0 Å². The lowest BCUT2D eigenvalue weighted by atomic mass is 10.3. The highest BCUT2D eigenvalue weighted by Gasteiger charge is 2.27. The minimum Gasteiger partial charge on any atom is -0.394 e. The lowest BCUT2D eigenvalue weighted by Crippen LogP contribution is -2.36. The van der Waals surface area contributed by atoms with Crippen molar-refractivity contribution >= 4 is 25.0 Å².